The third kappa shape index (κ3) is 4.78. The molecule has 0 atom stereocenters. The van der Waals surface area contributed by atoms with Gasteiger partial charge in [-0.15, -0.1) is 0 Å². The molecule has 1 radical (unpaired) electrons. The van der Waals surface area contributed by atoms with Crippen molar-refractivity contribution in [2.75, 3.05) is 0 Å². The third-order valence-corrected chi connectivity index (χ3v) is 27.7. The highest BCUT2D eigenvalue weighted by Gasteiger charge is 2.41. The predicted octanol–water partition coefficient (Wildman–Crippen LogP) is 4.69. The second-order valence-corrected chi connectivity index (χ2v) is 32.9. The van der Waals surface area contributed by atoms with E-state index in [4.69, 9.17) is 0 Å². The van der Waals surface area contributed by atoms with Crippen molar-refractivity contribution >= 4 is 42.4 Å². The normalized spacial score (nSPS) is 13.8. The van der Waals surface area contributed by atoms with Gasteiger partial charge in [-0.2, -0.15) is 0 Å². The molecule has 1 rings (SSSR count). The van der Waals surface area contributed by atoms with Crippen molar-refractivity contribution in [2.24, 2.45) is 0 Å². The third-order valence-electron chi connectivity index (χ3n) is 5.41. The van der Waals surface area contributed by atoms with Crippen LogP contribution in [0.15, 0.2) is 24.3 Å². The highest BCUT2D eigenvalue weighted by molar-refractivity contribution is 7.45. The van der Waals surface area contributed by atoms with Crippen molar-refractivity contribution in [3.05, 3.63) is 24.3 Å². The SMILES string of the molecule is C[Si](C)CC[Si](C)(C)[Si](C)(C)c1ccc([Si](C)(C)C)cc1. The summed E-state index contributed by atoms with van der Waals surface area (Å²) in [6.07, 6.45) is 0. The van der Waals surface area contributed by atoms with Gasteiger partial charge < -0.3 is 0 Å². The molecular weight excluding hydrogens is 317 g/mol. The van der Waals surface area contributed by atoms with Crippen molar-refractivity contribution in [1.82, 2.24) is 0 Å². The number of rotatable bonds is 6. The van der Waals surface area contributed by atoms with Gasteiger partial charge in [0.05, 0.1) is 15.7 Å². The second-order valence-electron chi connectivity index (χ2n) is 9.04. The molecule has 0 aliphatic heterocycles. The molecule has 0 aromatic heterocycles. The molecule has 0 N–H and O–H groups in total. The molecule has 0 saturated heterocycles. The molecule has 0 spiro atoms. The first-order chi connectivity index (χ1) is 9.38. The Bertz CT molecular complexity index is 453. The fourth-order valence-corrected chi connectivity index (χ4v) is 16.6. The van der Waals surface area contributed by atoms with Crippen LogP contribution in [0, 0.1) is 0 Å². The minimum atomic E-state index is -1.29. The summed E-state index contributed by atoms with van der Waals surface area (Å²) in [5.74, 6) is 0. The number of hydrogen-bond donors (Lipinski definition) is 0. The lowest BCUT2D eigenvalue weighted by atomic mass is 10.4. The molecule has 119 valence electrons. The first kappa shape index (κ1) is 19.1. The van der Waals surface area contributed by atoms with Crippen molar-refractivity contribution in [3.8, 4) is 0 Å². The van der Waals surface area contributed by atoms with Crippen molar-refractivity contribution in [1.29, 1.82) is 0 Å². The van der Waals surface area contributed by atoms with Crippen LogP contribution < -0.4 is 10.4 Å². The van der Waals surface area contributed by atoms with E-state index in [-0.39, 0.29) is 8.80 Å². The van der Waals surface area contributed by atoms with E-state index in [0.29, 0.717) is 0 Å². The predicted molar refractivity (Wildman–Crippen MR) is 111 cm³/mol. The highest BCUT2D eigenvalue weighted by Crippen LogP contribution is 2.25. The molecule has 0 heterocycles. The van der Waals surface area contributed by atoms with Crippen molar-refractivity contribution in [3.63, 3.8) is 0 Å². The van der Waals surface area contributed by atoms with Crippen LogP contribution in [0.4, 0.5) is 0 Å². The lowest BCUT2D eigenvalue weighted by Crippen LogP contribution is -2.63. The van der Waals surface area contributed by atoms with E-state index in [2.05, 4.69) is 83.2 Å². The van der Waals surface area contributed by atoms with E-state index in [1.54, 1.807) is 10.4 Å². The Kier molecular flexibility index (Phi) is 6.09. The molecule has 0 aliphatic carbocycles. The maximum Gasteiger partial charge on any atom is 0.0775 e. The Morgan fingerprint density at radius 2 is 1.19 bits per heavy atom. The smallest absolute Gasteiger partial charge is 0.0713 e. The van der Waals surface area contributed by atoms with E-state index in [1.165, 1.54) is 12.1 Å². The minimum Gasteiger partial charge on any atom is -0.0713 e. The summed E-state index contributed by atoms with van der Waals surface area (Å²) >= 11 is 0. The van der Waals surface area contributed by atoms with Crippen LogP contribution in [0.5, 0.6) is 0 Å². The average molecular weight is 352 g/mol. The molecule has 1 aromatic carbocycles. The molecule has 0 fully saturated rings. The summed E-state index contributed by atoms with van der Waals surface area (Å²) in [7, 11) is -3.64. The van der Waals surface area contributed by atoms with E-state index < -0.39 is 23.3 Å². The zero-order valence-corrected chi connectivity index (χ0v) is 19.7. The molecule has 0 amide bonds. The van der Waals surface area contributed by atoms with Crippen LogP contribution in [-0.4, -0.2) is 32.1 Å². The Balaban J connectivity index is 3.01. The minimum absolute atomic E-state index is 0.0717. The van der Waals surface area contributed by atoms with Gasteiger partial charge in [0.1, 0.15) is 0 Å². The Morgan fingerprint density at radius 1 is 0.762 bits per heavy atom. The summed E-state index contributed by atoms with van der Waals surface area (Å²) in [4.78, 5) is 0. The van der Waals surface area contributed by atoms with Gasteiger partial charge in [0.2, 0.25) is 0 Å². The van der Waals surface area contributed by atoms with Crippen LogP contribution in [0.3, 0.4) is 0 Å². The van der Waals surface area contributed by atoms with Gasteiger partial charge in [0, 0.05) is 16.4 Å². The first-order valence-electron chi connectivity index (χ1n) is 8.28. The quantitative estimate of drug-likeness (QED) is 0.652. The van der Waals surface area contributed by atoms with E-state index in [9.17, 15) is 0 Å². The fourth-order valence-electron chi connectivity index (χ4n) is 2.65. The van der Waals surface area contributed by atoms with Gasteiger partial charge in [0.25, 0.3) is 0 Å². The Hall–Kier alpha value is 0.0875. The van der Waals surface area contributed by atoms with Crippen LogP contribution in [0.1, 0.15) is 0 Å². The van der Waals surface area contributed by atoms with E-state index in [1.807, 2.05) is 0 Å². The zero-order chi connectivity index (χ0) is 16.5. The molecule has 1 aromatic rings. The maximum atomic E-state index is 2.65. The number of hydrogen-bond acceptors (Lipinski definition) is 0. The monoisotopic (exact) mass is 351 g/mol. The molecule has 0 aliphatic rings. The first-order valence-corrected chi connectivity index (χ1v) is 21.7. The maximum absolute atomic E-state index is 2.65. The van der Waals surface area contributed by atoms with Gasteiger partial charge in [-0.1, -0.05) is 106 Å². The zero-order valence-electron chi connectivity index (χ0n) is 15.7. The number of benzene rings is 1. The van der Waals surface area contributed by atoms with Crippen LogP contribution >= 0.6 is 0 Å². The lowest BCUT2D eigenvalue weighted by Gasteiger charge is -2.39. The molecule has 0 unspecified atom stereocenters. The standard InChI is InChI=1S/C17H35Si4/c1-18(2)14-15-20(6,7)21(8,9)17-12-10-16(11-13-17)19(3,4)5/h10-13H,14-15H2,1-9H3. The molecule has 0 nitrogen and oxygen atoms in total. The van der Waals surface area contributed by atoms with Gasteiger partial charge in [0.15, 0.2) is 0 Å². The second kappa shape index (κ2) is 6.68. The summed E-state index contributed by atoms with van der Waals surface area (Å²) in [6.45, 7) is 22.8. The summed E-state index contributed by atoms with van der Waals surface area (Å²) in [6, 6.07) is 12.9. The largest absolute Gasteiger partial charge is 0.0775 e. The van der Waals surface area contributed by atoms with Crippen molar-refractivity contribution in [2.45, 2.75) is 71.0 Å². The van der Waals surface area contributed by atoms with Crippen LogP contribution in [0.2, 0.25) is 71.0 Å². The highest BCUT2D eigenvalue weighted by atomic mass is 29.3. The van der Waals surface area contributed by atoms with Crippen LogP contribution in [0.25, 0.3) is 0 Å². The van der Waals surface area contributed by atoms with Gasteiger partial charge in [-0.3, -0.25) is 0 Å². The molecule has 21 heavy (non-hydrogen) atoms. The van der Waals surface area contributed by atoms with Gasteiger partial charge in [-0.05, 0) is 0 Å². The van der Waals surface area contributed by atoms with Gasteiger partial charge >= 0.3 is 0 Å². The van der Waals surface area contributed by atoms with E-state index >= 15 is 0 Å². The Morgan fingerprint density at radius 3 is 1.57 bits per heavy atom. The molecule has 4 heteroatoms. The molecule has 0 saturated carbocycles. The summed E-state index contributed by atoms with van der Waals surface area (Å²) in [5.41, 5.74) is 0. The lowest BCUT2D eigenvalue weighted by molar-refractivity contribution is 1.33. The van der Waals surface area contributed by atoms with Crippen molar-refractivity contribution < 1.29 is 0 Å². The van der Waals surface area contributed by atoms with Crippen LogP contribution in [-0.2, 0) is 0 Å². The summed E-state index contributed by atoms with van der Waals surface area (Å²) in [5, 5.41) is 3.30. The Labute approximate surface area is 137 Å². The molecular formula is C17H35Si4. The topological polar surface area (TPSA) is 0 Å². The summed E-state index contributed by atoms with van der Waals surface area (Å²) < 4.78 is 0. The van der Waals surface area contributed by atoms with Gasteiger partial charge in [-0.25, -0.2) is 0 Å². The molecule has 0 bridgehead atoms. The fraction of sp³-hybridized carbons (Fsp3) is 0.647. The average Bonchev–Trinajstić information content (AvgIpc) is 2.35. The van der Waals surface area contributed by atoms with E-state index in [0.717, 1.165) is 0 Å².